The van der Waals surface area contributed by atoms with Gasteiger partial charge in [-0.1, -0.05) is 6.07 Å². The summed E-state index contributed by atoms with van der Waals surface area (Å²) >= 11 is 1.65. The summed E-state index contributed by atoms with van der Waals surface area (Å²) in [7, 11) is 1.46. The van der Waals surface area contributed by atoms with Gasteiger partial charge in [-0.05, 0) is 25.0 Å². The average Bonchev–Trinajstić information content (AvgIpc) is 3.08. The fourth-order valence-electron chi connectivity index (χ4n) is 2.95. The summed E-state index contributed by atoms with van der Waals surface area (Å²) in [4.78, 5) is 17.6. The number of nitro benzene ring substituents is 1. The molecule has 1 aromatic carbocycles. The molecule has 116 valence electrons. The first-order valence-electron chi connectivity index (χ1n) is 7.16. The number of hydrogen-bond acceptors (Lipinski definition) is 6. The lowest BCUT2D eigenvalue weighted by Crippen LogP contribution is -2.34. The monoisotopic (exact) mass is 319 g/mol. The molecule has 0 spiro atoms. The summed E-state index contributed by atoms with van der Waals surface area (Å²) in [5.74, 6) is 0.637. The van der Waals surface area contributed by atoms with Gasteiger partial charge in [0, 0.05) is 30.6 Å². The lowest BCUT2D eigenvalue weighted by atomic mass is 9.98. The third-order valence-electron chi connectivity index (χ3n) is 3.94. The zero-order valence-electron chi connectivity index (χ0n) is 12.3. The number of hydrogen-bond donors (Lipinski definition) is 0. The number of aromatic nitrogens is 1. The molecule has 7 heteroatoms. The minimum Gasteiger partial charge on any atom is -0.490 e. The summed E-state index contributed by atoms with van der Waals surface area (Å²) in [6, 6.07) is 5.23. The standard InChI is InChI=1S/C15H17N3O3S/c1-21-13-6-2-5-12(14(13)18(19)20)17-8-3-4-11(10-17)15-16-7-9-22-15/h2,5-7,9,11H,3-4,8,10H2,1H3/t11-/m0/s1. The minimum atomic E-state index is -0.360. The molecule has 0 aliphatic carbocycles. The molecule has 1 saturated heterocycles. The van der Waals surface area contributed by atoms with Crippen LogP contribution in [0, 0.1) is 10.1 Å². The fourth-order valence-corrected chi connectivity index (χ4v) is 3.72. The van der Waals surface area contributed by atoms with Crippen LogP contribution in [0.5, 0.6) is 5.75 Å². The Balaban J connectivity index is 1.92. The van der Waals surface area contributed by atoms with Gasteiger partial charge in [-0.2, -0.15) is 0 Å². The maximum atomic E-state index is 11.4. The van der Waals surface area contributed by atoms with Crippen molar-refractivity contribution in [2.45, 2.75) is 18.8 Å². The van der Waals surface area contributed by atoms with Gasteiger partial charge in [0.25, 0.3) is 0 Å². The number of rotatable bonds is 4. The number of para-hydroxylation sites is 1. The Morgan fingerprint density at radius 1 is 1.50 bits per heavy atom. The number of methoxy groups -OCH3 is 1. The summed E-state index contributed by atoms with van der Waals surface area (Å²) in [5.41, 5.74) is 0.676. The van der Waals surface area contributed by atoms with E-state index in [9.17, 15) is 10.1 Å². The number of ether oxygens (including phenoxy) is 1. The second-order valence-corrected chi connectivity index (χ2v) is 6.17. The lowest BCUT2D eigenvalue weighted by Gasteiger charge is -2.33. The van der Waals surface area contributed by atoms with Crippen molar-refractivity contribution in [1.82, 2.24) is 4.98 Å². The Bertz CT molecular complexity index is 660. The molecule has 1 aliphatic heterocycles. The summed E-state index contributed by atoms with van der Waals surface area (Å²) in [6.07, 6.45) is 3.88. The summed E-state index contributed by atoms with van der Waals surface area (Å²) < 4.78 is 5.16. The molecule has 2 heterocycles. The number of anilines is 1. The van der Waals surface area contributed by atoms with Crippen LogP contribution < -0.4 is 9.64 Å². The Hall–Kier alpha value is -2.15. The van der Waals surface area contributed by atoms with Crippen molar-refractivity contribution < 1.29 is 9.66 Å². The molecule has 3 rings (SSSR count). The molecule has 0 N–H and O–H groups in total. The second kappa shape index (κ2) is 6.31. The van der Waals surface area contributed by atoms with E-state index in [1.54, 1.807) is 29.5 Å². The highest BCUT2D eigenvalue weighted by Crippen LogP contribution is 2.40. The number of benzene rings is 1. The topological polar surface area (TPSA) is 68.5 Å². The maximum absolute atomic E-state index is 11.4. The molecule has 2 aromatic rings. The smallest absolute Gasteiger partial charge is 0.333 e. The molecule has 1 atom stereocenters. The Labute approximate surface area is 132 Å². The molecule has 1 aliphatic rings. The number of thiazole rings is 1. The number of piperidine rings is 1. The van der Waals surface area contributed by atoms with Crippen LogP contribution in [0.1, 0.15) is 23.8 Å². The first-order valence-corrected chi connectivity index (χ1v) is 8.04. The zero-order chi connectivity index (χ0) is 15.5. The predicted octanol–water partition coefficient (Wildman–Crippen LogP) is 3.44. The van der Waals surface area contributed by atoms with Crippen LogP contribution in [0.4, 0.5) is 11.4 Å². The van der Waals surface area contributed by atoms with E-state index in [0.29, 0.717) is 17.4 Å². The maximum Gasteiger partial charge on any atom is 0.333 e. The van der Waals surface area contributed by atoms with Crippen molar-refractivity contribution in [1.29, 1.82) is 0 Å². The van der Waals surface area contributed by atoms with Gasteiger partial charge in [0.2, 0.25) is 0 Å². The van der Waals surface area contributed by atoms with E-state index in [-0.39, 0.29) is 10.6 Å². The molecule has 0 bridgehead atoms. The number of nitrogens with zero attached hydrogens (tertiary/aromatic N) is 3. The molecular weight excluding hydrogens is 302 g/mol. The first-order chi connectivity index (χ1) is 10.7. The second-order valence-electron chi connectivity index (χ2n) is 5.24. The van der Waals surface area contributed by atoms with Crippen LogP contribution in [-0.2, 0) is 0 Å². The van der Waals surface area contributed by atoms with Gasteiger partial charge in [-0.3, -0.25) is 10.1 Å². The zero-order valence-corrected chi connectivity index (χ0v) is 13.1. The van der Waals surface area contributed by atoms with Crippen molar-refractivity contribution in [2.75, 3.05) is 25.1 Å². The van der Waals surface area contributed by atoms with Gasteiger partial charge in [0.05, 0.1) is 17.0 Å². The first kappa shape index (κ1) is 14.8. The fraction of sp³-hybridized carbons (Fsp3) is 0.400. The van der Waals surface area contributed by atoms with Crippen LogP contribution in [0.2, 0.25) is 0 Å². The summed E-state index contributed by atoms with van der Waals surface area (Å²) in [5, 5.41) is 14.5. The molecule has 0 saturated carbocycles. The van der Waals surface area contributed by atoms with Crippen molar-refractivity contribution in [3.8, 4) is 5.75 Å². The van der Waals surface area contributed by atoms with Gasteiger partial charge in [0.15, 0.2) is 5.75 Å². The van der Waals surface area contributed by atoms with Gasteiger partial charge >= 0.3 is 5.69 Å². The van der Waals surface area contributed by atoms with E-state index in [1.807, 2.05) is 11.6 Å². The third kappa shape index (κ3) is 2.76. The average molecular weight is 319 g/mol. The molecule has 0 amide bonds. The molecule has 22 heavy (non-hydrogen) atoms. The van der Waals surface area contributed by atoms with Crippen molar-refractivity contribution in [3.63, 3.8) is 0 Å². The molecule has 6 nitrogen and oxygen atoms in total. The predicted molar refractivity (Wildman–Crippen MR) is 86.0 cm³/mol. The van der Waals surface area contributed by atoms with Gasteiger partial charge in [0.1, 0.15) is 5.69 Å². The highest BCUT2D eigenvalue weighted by atomic mass is 32.1. The van der Waals surface area contributed by atoms with Crippen molar-refractivity contribution in [2.24, 2.45) is 0 Å². The van der Waals surface area contributed by atoms with E-state index < -0.39 is 0 Å². The van der Waals surface area contributed by atoms with E-state index in [4.69, 9.17) is 4.74 Å². The Kier molecular flexibility index (Phi) is 4.24. The highest BCUT2D eigenvalue weighted by Gasteiger charge is 2.29. The largest absolute Gasteiger partial charge is 0.490 e. The molecule has 1 fully saturated rings. The van der Waals surface area contributed by atoms with Crippen molar-refractivity contribution in [3.05, 3.63) is 44.9 Å². The molecule has 0 unspecified atom stereocenters. The van der Waals surface area contributed by atoms with Gasteiger partial charge < -0.3 is 9.64 Å². The quantitative estimate of drug-likeness (QED) is 0.638. The van der Waals surface area contributed by atoms with Crippen LogP contribution in [0.15, 0.2) is 29.8 Å². The SMILES string of the molecule is COc1cccc(N2CCC[C@H](c3nccs3)C2)c1[N+](=O)[O-]. The van der Waals surface area contributed by atoms with E-state index in [1.165, 1.54) is 7.11 Å². The van der Waals surface area contributed by atoms with E-state index in [2.05, 4.69) is 9.88 Å². The third-order valence-corrected chi connectivity index (χ3v) is 4.88. The highest BCUT2D eigenvalue weighted by molar-refractivity contribution is 7.09. The molecule has 1 aromatic heterocycles. The van der Waals surface area contributed by atoms with Crippen LogP contribution in [0.3, 0.4) is 0 Å². The molecular formula is C15H17N3O3S. The van der Waals surface area contributed by atoms with Gasteiger partial charge in [-0.25, -0.2) is 4.98 Å². The summed E-state index contributed by atoms with van der Waals surface area (Å²) in [6.45, 7) is 1.57. The Morgan fingerprint density at radius 3 is 3.05 bits per heavy atom. The van der Waals surface area contributed by atoms with E-state index in [0.717, 1.165) is 30.9 Å². The van der Waals surface area contributed by atoms with E-state index >= 15 is 0 Å². The lowest BCUT2D eigenvalue weighted by molar-refractivity contribution is -0.385. The van der Waals surface area contributed by atoms with Crippen LogP contribution >= 0.6 is 11.3 Å². The Morgan fingerprint density at radius 2 is 2.36 bits per heavy atom. The molecule has 0 radical (unpaired) electrons. The minimum absolute atomic E-state index is 0.0461. The normalized spacial score (nSPS) is 18.2. The number of nitro groups is 1. The van der Waals surface area contributed by atoms with Gasteiger partial charge in [-0.15, -0.1) is 11.3 Å². The van der Waals surface area contributed by atoms with Crippen molar-refractivity contribution >= 4 is 22.7 Å². The van der Waals surface area contributed by atoms with Crippen LogP contribution in [0.25, 0.3) is 0 Å². The van der Waals surface area contributed by atoms with Crippen LogP contribution in [-0.4, -0.2) is 30.1 Å².